The minimum Gasteiger partial charge on any atom is -0.478 e. The fourth-order valence-electron chi connectivity index (χ4n) is 5.60. The molecule has 2 heterocycles. The van der Waals surface area contributed by atoms with Crippen LogP contribution < -0.4 is 0 Å². The molecule has 172 valence electrons. The van der Waals surface area contributed by atoms with E-state index in [0.717, 1.165) is 19.3 Å². The quantitative estimate of drug-likeness (QED) is 0.363. The van der Waals surface area contributed by atoms with Gasteiger partial charge in [-0.3, -0.25) is 10.5 Å². The van der Waals surface area contributed by atoms with Crippen molar-refractivity contribution in [1.82, 2.24) is 0 Å². The van der Waals surface area contributed by atoms with Gasteiger partial charge in [-0.15, -0.1) is 0 Å². The zero-order chi connectivity index (χ0) is 22.7. The summed E-state index contributed by atoms with van der Waals surface area (Å²) in [6.07, 6.45) is 3.38. The lowest BCUT2D eigenvalue weighted by molar-refractivity contribution is -0.321. The first-order valence-electron chi connectivity index (χ1n) is 10.9. The van der Waals surface area contributed by atoms with Gasteiger partial charge < -0.3 is 19.3 Å². The molecule has 0 amide bonds. The highest BCUT2D eigenvalue weighted by Crippen LogP contribution is 2.52. The smallest absolute Gasteiger partial charge is 0.341 e. The van der Waals surface area contributed by atoms with Crippen LogP contribution in [0.25, 0.3) is 0 Å². The molecule has 8 nitrogen and oxygen atoms in total. The van der Waals surface area contributed by atoms with Crippen molar-refractivity contribution in [3.05, 3.63) is 35.4 Å². The molecule has 31 heavy (non-hydrogen) atoms. The van der Waals surface area contributed by atoms with Crippen molar-refractivity contribution in [3.8, 4) is 0 Å². The van der Waals surface area contributed by atoms with Crippen molar-refractivity contribution < 1.29 is 39.4 Å². The van der Waals surface area contributed by atoms with Gasteiger partial charge in [-0.1, -0.05) is 32.4 Å². The summed E-state index contributed by atoms with van der Waals surface area (Å²) in [7, 11) is 0. The fourth-order valence-corrected chi connectivity index (χ4v) is 5.60. The van der Waals surface area contributed by atoms with Gasteiger partial charge in [0.1, 0.15) is 0 Å². The Morgan fingerprint density at radius 1 is 0.935 bits per heavy atom. The van der Waals surface area contributed by atoms with Crippen molar-refractivity contribution in [1.29, 1.82) is 0 Å². The van der Waals surface area contributed by atoms with Crippen LogP contribution in [0, 0.1) is 29.6 Å². The maximum Gasteiger partial charge on any atom is 0.341 e. The number of carbonyl (C=O) groups is 2. The number of aromatic carboxylic acids is 1. The summed E-state index contributed by atoms with van der Waals surface area (Å²) in [5, 5.41) is 21.4. The third kappa shape index (κ3) is 4.77. The number of carbonyl (C=O) groups excluding carboxylic acids is 1. The number of rotatable bonds is 3. The van der Waals surface area contributed by atoms with Crippen LogP contribution in [0.15, 0.2) is 24.3 Å². The molecule has 3 N–H and O–H groups in total. The number of hydrogen-bond donors (Lipinski definition) is 3. The van der Waals surface area contributed by atoms with Crippen molar-refractivity contribution in [3.63, 3.8) is 0 Å². The molecular weight excluding hydrogens is 404 g/mol. The molecule has 0 bridgehead atoms. The van der Waals surface area contributed by atoms with Crippen molar-refractivity contribution >= 4 is 11.9 Å². The van der Waals surface area contributed by atoms with Gasteiger partial charge in [0.2, 0.25) is 6.29 Å². The molecule has 7 unspecified atom stereocenters. The van der Waals surface area contributed by atoms with Gasteiger partial charge in [0, 0.05) is 11.8 Å². The molecule has 3 fully saturated rings. The molecule has 1 saturated carbocycles. The second-order valence-electron chi connectivity index (χ2n) is 8.97. The number of carboxylic acids is 1. The first-order valence-corrected chi connectivity index (χ1v) is 10.9. The maximum absolute atomic E-state index is 12.8. The van der Waals surface area contributed by atoms with E-state index in [1.165, 1.54) is 18.6 Å². The lowest BCUT2D eigenvalue weighted by atomic mass is 9.61. The standard InChI is InChI=1S/C23H30O6.H2O2/c1-12-8-10-16-14(3)22(29-23-19(16)15(12)11-9-13(2)27-23)28-21(26)18-7-5-4-6-17(18)20(24)25;1-2/h4-7,12-16,19,22-23H,8-11H2,1-3H3,(H,24,25);1-2H/t12-,13?,14?,15?,16?,19?,22?,23?;/m1./s1. The average Bonchev–Trinajstić information content (AvgIpc) is 2.93. The largest absolute Gasteiger partial charge is 0.478 e. The van der Waals surface area contributed by atoms with Crippen LogP contribution in [0.5, 0.6) is 0 Å². The molecule has 4 rings (SSSR count). The van der Waals surface area contributed by atoms with Gasteiger partial charge in [0.25, 0.3) is 0 Å². The predicted molar refractivity (Wildman–Crippen MR) is 111 cm³/mol. The summed E-state index contributed by atoms with van der Waals surface area (Å²) in [6.45, 7) is 6.47. The monoisotopic (exact) mass is 436 g/mol. The zero-order valence-corrected chi connectivity index (χ0v) is 18.1. The van der Waals surface area contributed by atoms with E-state index in [1.807, 2.05) is 0 Å². The van der Waals surface area contributed by atoms with Crippen molar-refractivity contribution in [2.24, 2.45) is 29.6 Å². The summed E-state index contributed by atoms with van der Waals surface area (Å²) < 4.78 is 18.2. The third-order valence-corrected chi connectivity index (χ3v) is 7.24. The maximum atomic E-state index is 12.8. The number of hydrogen-bond acceptors (Lipinski definition) is 7. The molecular formula is C23H32O8. The number of esters is 1. The van der Waals surface area contributed by atoms with E-state index >= 15 is 0 Å². The van der Waals surface area contributed by atoms with Gasteiger partial charge in [-0.2, -0.15) is 0 Å². The van der Waals surface area contributed by atoms with E-state index in [1.54, 1.807) is 12.1 Å². The van der Waals surface area contributed by atoms with Gasteiger partial charge in [0.05, 0.1) is 17.2 Å². The molecule has 1 aromatic rings. The van der Waals surface area contributed by atoms with E-state index in [-0.39, 0.29) is 29.4 Å². The van der Waals surface area contributed by atoms with Gasteiger partial charge >= 0.3 is 11.9 Å². The predicted octanol–water partition coefficient (Wildman–Crippen LogP) is 4.35. The highest BCUT2D eigenvalue weighted by molar-refractivity contribution is 6.02. The Bertz CT molecular complexity index is 781. The van der Waals surface area contributed by atoms with Gasteiger partial charge in [-0.25, -0.2) is 9.59 Å². The van der Waals surface area contributed by atoms with E-state index in [2.05, 4.69) is 20.8 Å². The van der Waals surface area contributed by atoms with Crippen LogP contribution in [-0.4, -0.2) is 46.2 Å². The number of carboxylic acid groups (broad SMARTS) is 1. The van der Waals surface area contributed by atoms with Gasteiger partial charge in [0.15, 0.2) is 6.29 Å². The van der Waals surface area contributed by atoms with Crippen LogP contribution >= 0.6 is 0 Å². The molecule has 2 aliphatic heterocycles. The van der Waals surface area contributed by atoms with E-state index < -0.39 is 18.2 Å². The Morgan fingerprint density at radius 2 is 1.58 bits per heavy atom. The Kier molecular flexibility index (Phi) is 7.69. The molecule has 0 radical (unpaired) electrons. The Morgan fingerprint density at radius 3 is 2.26 bits per heavy atom. The van der Waals surface area contributed by atoms with E-state index in [9.17, 15) is 14.7 Å². The van der Waals surface area contributed by atoms with Gasteiger partial charge in [-0.05, 0) is 56.1 Å². The molecule has 1 aromatic carbocycles. The first kappa shape index (κ1) is 23.7. The molecule has 0 spiro atoms. The lowest BCUT2D eigenvalue weighted by Gasteiger charge is -2.51. The van der Waals surface area contributed by atoms with Crippen LogP contribution in [0.2, 0.25) is 0 Å². The molecule has 0 aromatic heterocycles. The minimum atomic E-state index is -1.15. The zero-order valence-electron chi connectivity index (χ0n) is 18.1. The minimum absolute atomic E-state index is 0.0317. The Hall–Kier alpha value is -2.00. The van der Waals surface area contributed by atoms with E-state index in [0.29, 0.717) is 23.7 Å². The summed E-state index contributed by atoms with van der Waals surface area (Å²) in [6, 6.07) is 6.11. The normalized spacial score (nSPS) is 36.8. The highest BCUT2D eigenvalue weighted by atomic mass is 17.0. The first-order chi connectivity index (χ1) is 14.9. The van der Waals surface area contributed by atoms with Crippen molar-refractivity contribution in [2.45, 2.75) is 65.1 Å². The van der Waals surface area contributed by atoms with Crippen LogP contribution in [0.3, 0.4) is 0 Å². The highest BCUT2D eigenvalue weighted by Gasteiger charge is 2.53. The third-order valence-electron chi connectivity index (χ3n) is 7.24. The second kappa shape index (κ2) is 10.1. The van der Waals surface area contributed by atoms with Crippen LogP contribution in [-0.2, 0) is 14.2 Å². The summed E-state index contributed by atoms with van der Waals surface area (Å²) >= 11 is 0. The summed E-state index contributed by atoms with van der Waals surface area (Å²) in [4.78, 5) is 24.3. The molecule has 3 aliphatic rings. The molecule has 1 aliphatic carbocycles. The summed E-state index contributed by atoms with van der Waals surface area (Å²) in [5.74, 6) is 0.110. The topological polar surface area (TPSA) is 123 Å². The Balaban J connectivity index is 0.00000132. The number of benzene rings is 1. The Labute approximate surface area is 182 Å². The second-order valence-corrected chi connectivity index (χ2v) is 8.97. The fraction of sp³-hybridized carbons (Fsp3) is 0.652. The van der Waals surface area contributed by atoms with Crippen LogP contribution in [0.1, 0.15) is 67.2 Å². The van der Waals surface area contributed by atoms with E-state index in [4.69, 9.17) is 24.7 Å². The van der Waals surface area contributed by atoms with Crippen molar-refractivity contribution in [2.75, 3.05) is 0 Å². The summed E-state index contributed by atoms with van der Waals surface area (Å²) in [5.41, 5.74) is -0.0204. The molecule has 8 heteroatoms. The number of ether oxygens (including phenoxy) is 3. The van der Waals surface area contributed by atoms with Crippen LogP contribution in [0.4, 0.5) is 0 Å². The molecule has 2 saturated heterocycles. The SMILES string of the molecule is CC1CCC2C3C(O1)OC(OC(=O)c1ccccc1C(=O)O)C(C)C3CC[C@H]2C.OO. The average molecular weight is 437 g/mol. The molecule has 8 atom stereocenters. The lowest BCUT2D eigenvalue weighted by Crippen LogP contribution is -2.54.